The van der Waals surface area contributed by atoms with Gasteiger partial charge in [0.05, 0.1) is 18.2 Å². The number of alkyl halides is 6. The Hall–Kier alpha value is -3.76. The van der Waals surface area contributed by atoms with Crippen LogP contribution in [0.4, 0.5) is 26.3 Å². The molecule has 0 aliphatic carbocycles. The van der Waals surface area contributed by atoms with Crippen molar-refractivity contribution < 1.29 is 86.1 Å². The minimum atomic E-state index is -3.63. The number of ether oxygens (including phenoxy) is 4. The van der Waals surface area contributed by atoms with Crippen molar-refractivity contribution in [1.82, 2.24) is 0 Å². The maximum atomic E-state index is 15.3. The molecule has 0 aromatic heterocycles. The van der Waals surface area contributed by atoms with Crippen LogP contribution in [0.2, 0.25) is 10.0 Å². The molecule has 0 unspecified atom stereocenters. The third kappa shape index (κ3) is 12.8. The predicted octanol–water partition coefficient (Wildman–Crippen LogP) is 5.51. The molecule has 2 aliphatic rings. The Balaban J connectivity index is 0.000000241. The third-order valence-corrected chi connectivity index (χ3v) is 11.1. The van der Waals surface area contributed by atoms with E-state index in [-0.39, 0.29) is 16.3 Å². The average molecular weight is 954 g/mol. The zero-order chi connectivity index (χ0) is 47.3. The Kier molecular flexibility index (Phi) is 17.0. The van der Waals surface area contributed by atoms with Crippen LogP contribution in [0, 0.1) is 0 Å². The molecule has 0 bridgehead atoms. The van der Waals surface area contributed by atoms with Crippen LogP contribution in [0.1, 0.15) is 59.4 Å². The summed E-state index contributed by atoms with van der Waals surface area (Å²) >= 11 is 12.3. The first-order valence-corrected chi connectivity index (χ1v) is 20.5. The number of hydrogen-bond donors (Lipinski definition) is 8. The van der Waals surface area contributed by atoms with E-state index in [4.69, 9.17) is 42.1 Å². The van der Waals surface area contributed by atoms with E-state index < -0.39 is 116 Å². The highest BCUT2D eigenvalue weighted by atomic mass is 35.5. The highest BCUT2D eigenvalue weighted by Crippen LogP contribution is 2.43. The summed E-state index contributed by atoms with van der Waals surface area (Å²) in [5, 5.41) is 79.4. The molecule has 4 aromatic carbocycles. The van der Waals surface area contributed by atoms with Crippen molar-refractivity contribution in [2.24, 2.45) is 0 Å². The highest BCUT2D eigenvalue weighted by molar-refractivity contribution is 6.31. The Labute approximate surface area is 373 Å². The van der Waals surface area contributed by atoms with E-state index >= 15 is 8.78 Å². The third-order valence-electron chi connectivity index (χ3n) is 10.4. The van der Waals surface area contributed by atoms with Gasteiger partial charge in [-0.3, -0.25) is 0 Å². The molecule has 20 heteroatoms. The van der Waals surface area contributed by atoms with Gasteiger partial charge in [0.2, 0.25) is 0 Å². The van der Waals surface area contributed by atoms with Gasteiger partial charge in [0.1, 0.15) is 72.5 Å². The fourth-order valence-electron chi connectivity index (χ4n) is 6.88. The van der Waals surface area contributed by atoms with Crippen molar-refractivity contribution in [3.63, 3.8) is 0 Å². The maximum Gasteiger partial charge on any atom is 0.299 e. The summed E-state index contributed by atoms with van der Waals surface area (Å²) in [7, 11) is 0. The molecule has 2 aliphatic heterocycles. The molecule has 6 rings (SSSR count). The molecule has 2 fully saturated rings. The van der Waals surface area contributed by atoms with Crippen molar-refractivity contribution in [2.75, 3.05) is 26.4 Å². The Morgan fingerprint density at radius 3 is 1.41 bits per heavy atom. The first-order chi connectivity index (χ1) is 29.9. The zero-order valence-corrected chi connectivity index (χ0v) is 35.6. The van der Waals surface area contributed by atoms with Crippen LogP contribution < -0.4 is 9.47 Å². The van der Waals surface area contributed by atoms with Crippen molar-refractivity contribution in [1.29, 1.82) is 0 Å². The summed E-state index contributed by atoms with van der Waals surface area (Å²) < 4.78 is 103. The fourth-order valence-corrected chi connectivity index (χ4v) is 7.30. The molecular formula is C44H48Cl2F6O12. The Morgan fingerprint density at radius 1 is 0.547 bits per heavy atom. The number of rotatable bonds is 14. The minimum absolute atomic E-state index is 0.0164. The highest BCUT2D eigenvalue weighted by Gasteiger charge is 2.46. The first kappa shape index (κ1) is 51.2. The van der Waals surface area contributed by atoms with Crippen molar-refractivity contribution in [3.8, 4) is 11.5 Å². The van der Waals surface area contributed by atoms with Gasteiger partial charge < -0.3 is 59.8 Å². The van der Waals surface area contributed by atoms with Gasteiger partial charge in [-0.25, -0.2) is 17.6 Å². The van der Waals surface area contributed by atoms with Crippen molar-refractivity contribution in [3.05, 3.63) is 128 Å². The topological polar surface area (TPSA) is 199 Å². The number of aliphatic hydroxyl groups excluding tert-OH is 8. The second-order valence-corrected chi connectivity index (χ2v) is 16.5. The van der Waals surface area contributed by atoms with Gasteiger partial charge in [-0.15, -0.1) is 0 Å². The summed E-state index contributed by atoms with van der Waals surface area (Å²) in [6.45, 7) is -1.35. The van der Waals surface area contributed by atoms with E-state index in [9.17, 15) is 58.4 Å². The molecule has 64 heavy (non-hydrogen) atoms. The SMILES string of the molecule is CC(F)(F)COc1ccc(C(F)(F)c2cc([C@@H]3O[C@H](CO)[C@@H](O)[C@H](O)[C@H]3O)ccc2Cl)cc1.CC(F)(F)COc1ccc(Cc2cc([C@@H]3O[C@H](CO)[C@@H](O)[C@H](O)[C@H]3O)ccc2Cl)cc1. The van der Waals surface area contributed by atoms with Gasteiger partial charge in [-0.05, 0) is 83.3 Å². The summed E-state index contributed by atoms with van der Waals surface area (Å²) in [5.41, 5.74) is 1.00. The Bertz CT molecular complexity index is 2120. The lowest BCUT2D eigenvalue weighted by atomic mass is 9.89. The summed E-state index contributed by atoms with van der Waals surface area (Å²) in [6, 6.07) is 19.4. The van der Waals surface area contributed by atoms with E-state index in [1.807, 2.05) is 0 Å². The second kappa shape index (κ2) is 21.3. The summed E-state index contributed by atoms with van der Waals surface area (Å²) in [5.74, 6) is -9.32. The molecule has 10 atom stereocenters. The molecule has 2 heterocycles. The second-order valence-electron chi connectivity index (χ2n) is 15.7. The van der Waals surface area contributed by atoms with Crippen molar-refractivity contribution >= 4 is 23.2 Å². The van der Waals surface area contributed by atoms with E-state index in [1.165, 1.54) is 12.1 Å². The lowest BCUT2D eigenvalue weighted by Crippen LogP contribution is -2.55. The average Bonchev–Trinajstić information content (AvgIpc) is 3.25. The fraction of sp³-hybridized carbons (Fsp3) is 0.455. The van der Waals surface area contributed by atoms with E-state index in [1.54, 1.807) is 42.5 Å². The molecule has 8 N–H and O–H groups in total. The largest absolute Gasteiger partial charge is 0.487 e. The number of aliphatic hydroxyl groups is 8. The monoisotopic (exact) mass is 952 g/mol. The van der Waals surface area contributed by atoms with Gasteiger partial charge in [0.15, 0.2) is 13.2 Å². The van der Waals surface area contributed by atoms with Crippen LogP contribution in [-0.2, 0) is 21.8 Å². The number of benzene rings is 4. The molecule has 352 valence electrons. The standard InChI is InChI=1S/C22H23ClF4O6.C22H25ClF2O6/c1-21(24,25)10-32-13-5-3-12(4-6-13)22(26,27)14-8-11(2-7-15(14)23)20-19(31)18(30)17(29)16(9-28)33-20;1-22(24,25)11-30-15-5-2-12(3-6-15)8-14-9-13(4-7-16(14)23)21-20(29)19(28)18(27)17(10-26)31-21/h2-8,16-20,28-31H,9-10H2,1H3;2-7,9,17-21,26-29H,8,10-11H2,1H3/t16-,17-,18+,19-,20+;17-,18-,19+,20-,21+/m11/s1. The lowest BCUT2D eigenvalue weighted by molar-refractivity contribution is -0.231. The van der Waals surface area contributed by atoms with Crippen LogP contribution in [0.15, 0.2) is 84.9 Å². The zero-order valence-electron chi connectivity index (χ0n) is 34.1. The van der Waals surface area contributed by atoms with Gasteiger partial charge in [-0.1, -0.05) is 53.5 Å². The smallest absolute Gasteiger partial charge is 0.299 e. The van der Waals surface area contributed by atoms with Crippen LogP contribution in [0.3, 0.4) is 0 Å². The summed E-state index contributed by atoms with van der Waals surface area (Å²) in [4.78, 5) is 0. The van der Waals surface area contributed by atoms with Crippen molar-refractivity contribution in [2.45, 2.75) is 99.1 Å². The van der Waals surface area contributed by atoms with Gasteiger partial charge in [-0.2, -0.15) is 8.78 Å². The van der Waals surface area contributed by atoms with E-state index in [0.717, 1.165) is 42.8 Å². The normalized spacial score (nSPS) is 26.5. The molecule has 2 saturated heterocycles. The van der Waals surface area contributed by atoms with Crippen LogP contribution >= 0.6 is 23.2 Å². The van der Waals surface area contributed by atoms with E-state index in [2.05, 4.69) is 0 Å². The first-order valence-electron chi connectivity index (χ1n) is 19.7. The number of halogens is 8. The molecule has 12 nitrogen and oxygen atoms in total. The van der Waals surface area contributed by atoms with Crippen LogP contribution in [0.25, 0.3) is 0 Å². The molecular weight excluding hydrogens is 905 g/mol. The van der Waals surface area contributed by atoms with Crippen LogP contribution in [-0.4, -0.2) is 128 Å². The van der Waals surface area contributed by atoms with Gasteiger partial charge >= 0.3 is 0 Å². The Morgan fingerprint density at radius 2 is 0.969 bits per heavy atom. The van der Waals surface area contributed by atoms with Crippen LogP contribution in [0.5, 0.6) is 11.5 Å². The maximum absolute atomic E-state index is 15.3. The lowest BCUT2D eigenvalue weighted by Gasteiger charge is -2.40. The predicted molar refractivity (Wildman–Crippen MR) is 219 cm³/mol. The minimum Gasteiger partial charge on any atom is -0.487 e. The van der Waals surface area contributed by atoms with Gasteiger partial charge in [0, 0.05) is 30.0 Å². The quantitative estimate of drug-likeness (QED) is 0.0740. The summed E-state index contributed by atoms with van der Waals surface area (Å²) in [6.07, 6.45) is -13.3. The molecule has 0 radical (unpaired) electrons. The molecule has 4 aromatic rings. The number of hydrogen-bond acceptors (Lipinski definition) is 12. The molecule has 0 amide bonds. The molecule has 0 saturated carbocycles. The molecule has 0 spiro atoms. The van der Waals surface area contributed by atoms with E-state index in [0.29, 0.717) is 35.2 Å². The van der Waals surface area contributed by atoms with Gasteiger partial charge in [0.25, 0.3) is 17.8 Å².